The first-order valence-corrected chi connectivity index (χ1v) is 9.08. The molecule has 0 spiro atoms. The lowest BCUT2D eigenvalue weighted by atomic mass is 10.1. The number of nitrogens with one attached hydrogen (secondary N) is 1. The number of halogens is 1. The fourth-order valence-electron chi connectivity index (χ4n) is 1.66. The van der Waals surface area contributed by atoms with Crippen molar-refractivity contribution in [3.05, 3.63) is 23.2 Å². The van der Waals surface area contributed by atoms with Crippen molar-refractivity contribution in [2.24, 2.45) is 5.92 Å². The van der Waals surface area contributed by atoms with E-state index < -0.39 is 10.0 Å². The smallest absolute Gasteiger partial charge is 0.257 e. The van der Waals surface area contributed by atoms with Crippen LogP contribution < -0.4 is 10.1 Å². The van der Waals surface area contributed by atoms with Crippen molar-refractivity contribution < 1.29 is 17.9 Å². The quantitative estimate of drug-likeness (QED) is 0.768. The summed E-state index contributed by atoms with van der Waals surface area (Å²) in [6.07, 6.45) is 0.892. The number of carbonyl (C=O) groups excluding carboxylic acids is 1. The molecule has 0 radical (unpaired) electrons. The van der Waals surface area contributed by atoms with Gasteiger partial charge in [0.2, 0.25) is 10.0 Å². The molecule has 1 amide bonds. The lowest BCUT2D eigenvalue weighted by Gasteiger charge is -2.13. The van der Waals surface area contributed by atoms with Gasteiger partial charge < -0.3 is 10.1 Å². The molecular weight excluding hydrogens is 340 g/mol. The van der Waals surface area contributed by atoms with Crippen molar-refractivity contribution >= 4 is 27.5 Å². The van der Waals surface area contributed by atoms with Crippen LogP contribution in [0.3, 0.4) is 0 Å². The Morgan fingerprint density at radius 3 is 2.52 bits per heavy atom. The van der Waals surface area contributed by atoms with E-state index in [-0.39, 0.29) is 28.2 Å². The Morgan fingerprint density at radius 2 is 2.00 bits per heavy atom. The molecule has 0 bridgehead atoms. The van der Waals surface area contributed by atoms with Crippen LogP contribution in [0, 0.1) is 5.92 Å². The van der Waals surface area contributed by atoms with Gasteiger partial charge in [0.15, 0.2) is 6.61 Å². The van der Waals surface area contributed by atoms with Crippen LogP contribution in [0.4, 0.5) is 0 Å². The fraction of sp³-hybridized carbons (Fsp3) is 0.533. The number of nitrogens with zero attached hydrogens (tertiary/aromatic N) is 1. The Hall–Kier alpha value is -1.31. The van der Waals surface area contributed by atoms with Crippen molar-refractivity contribution in [1.82, 2.24) is 9.62 Å². The largest absolute Gasteiger partial charge is 0.482 e. The maximum absolute atomic E-state index is 12.0. The van der Waals surface area contributed by atoms with Crippen molar-refractivity contribution in [1.29, 1.82) is 0 Å². The summed E-state index contributed by atoms with van der Waals surface area (Å²) < 4.78 is 30.4. The predicted octanol–water partition coefficient (Wildman–Crippen LogP) is 2.13. The SMILES string of the molecule is CC(C)CCNC(=O)COc1ccc(S(=O)(=O)N(C)C)cc1Cl. The van der Waals surface area contributed by atoms with E-state index in [4.69, 9.17) is 16.3 Å². The number of benzene rings is 1. The van der Waals surface area contributed by atoms with Gasteiger partial charge in [-0.1, -0.05) is 25.4 Å². The third-order valence-electron chi connectivity index (χ3n) is 3.08. The van der Waals surface area contributed by atoms with Crippen LogP contribution in [0.15, 0.2) is 23.1 Å². The molecule has 8 heteroatoms. The maximum atomic E-state index is 12.0. The molecule has 1 aromatic rings. The molecule has 6 nitrogen and oxygen atoms in total. The van der Waals surface area contributed by atoms with E-state index in [1.165, 1.54) is 32.3 Å². The molecule has 1 N–H and O–H groups in total. The Bertz CT molecular complexity index is 645. The third kappa shape index (κ3) is 6.01. The monoisotopic (exact) mass is 362 g/mol. The van der Waals surface area contributed by atoms with Crippen LogP contribution in [0.5, 0.6) is 5.75 Å². The summed E-state index contributed by atoms with van der Waals surface area (Å²) >= 11 is 6.03. The average Bonchev–Trinajstić information content (AvgIpc) is 2.45. The molecule has 130 valence electrons. The van der Waals surface area contributed by atoms with Crippen molar-refractivity contribution in [2.45, 2.75) is 25.2 Å². The van der Waals surface area contributed by atoms with Crippen LogP contribution in [0.1, 0.15) is 20.3 Å². The summed E-state index contributed by atoms with van der Waals surface area (Å²) in [7, 11) is -0.674. The van der Waals surface area contributed by atoms with Gasteiger partial charge in [0.25, 0.3) is 5.91 Å². The molecule has 0 unspecified atom stereocenters. The number of sulfonamides is 1. The lowest BCUT2D eigenvalue weighted by Crippen LogP contribution is -2.30. The van der Waals surface area contributed by atoms with Gasteiger partial charge in [-0.25, -0.2) is 12.7 Å². The molecule has 1 aromatic carbocycles. The van der Waals surface area contributed by atoms with E-state index >= 15 is 0 Å². The molecular formula is C15H23ClN2O4S. The molecule has 0 saturated heterocycles. The van der Waals surface area contributed by atoms with Gasteiger partial charge in [-0.3, -0.25) is 4.79 Å². The Labute approximate surface area is 142 Å². The summed E-state index contributed by atoms with van der Waals surface area (Å²) in [5.74, 6) is 0.534. The molecule has 0 aliphatic rings. The first-order valence-electron chi connectivity index (χ1n) is 7.26. The molecule has 0 aliphatic carbocycles. The van der Waals surface area contributed by atoms with Crippen LogP contribution >= 0.6 is 11.6 Å². The minimum absolute atomic E-state index is 0.0706. The normalized spacial score (nSPS) is 11.8. The number of hydrogen-bond donors (Lipinski definition) is 1. The van der Waals surface area contributed by atoms with Crippen LogP contribution in [-0.2, 0) is 14.8 Å². The van der Waals surface area contributed by atoms with Gasteiger partial charge in [-0.2, -0.15) is 0 Å². The highest BCUT2D eigenvalue weighted by Gasteiger charge is 2.18. The van der Waals surface area contributed by atoms with E-state index in [1.54, 1.807) is 0 Å². The molecule has 1 rings (SSSR count). The zero-order valence-electron chi connectivity index (χ0n) is 13.8. The van der Waals surface area contributed by atoms with E-state index in [2.05, 4.69) is 19.2 Å². The number of carbonyl (C=O) groups is 1. The summed E-state index contributed by atoms with van der Waals surface area (Å²) in [5, 5.41) is 2.89. The lowest BCUT2D eigenvalue weighted by molar-refractivity contribution is -0.123. The van der Waals surface area contributed by atoms with Gasteiger partial charge in [0.1, 0.15) is 5.75 Å². The highest BCUT2D eigenvalue weighted by atomic mass is 35.5. The van der Waals surface area contributed by atoms with E-state index in [0.717, 1.165) is 10.7 Å². The Kier molecular flexibility index (Phi) is 7.31. The molecule has 0 atom stereocenters. The van der Waals surface area contributed by atoms with E-state index in [9.17, 15) is 13.2 Å². The first-order chi connectivity index (χ1) is 10.6. The highest BCUT2D eigenvalue weighted by molar-refractivity contribution is 7.89. The fourth-order valence-corrected chi connectivity index (χ4v) is 2.89. The minimum atomic E-state index is -3.55. The van der Waals surface area contributed by atoms with Crippen molar-refractivity contribution in [2.75, 3.05) is 27.2 Å². The highest BCUT2D eigenvalue weighted by Crippen LogP contribution is 2.28. The minimum Gasteiger partial charge on any atom is -0.482 e. The van der Waals surface area contributed by atoms with Crippen molar-refractivity contribution in [3.8, 4) is 5.75 Å². The molecule has 0 fully saturated rings. The first kappa shape index (κ1) is 19.7. The average molecular weight is 363 g/mol. The standard InChI is InChI=1S/C15H23ClN2O4S/c1-11(2)7-8-17-15(19)10-22-14-6-5-12(9-13(14)16)23(20,21)18(3)4/h5-6,9,11H,7-8,10H2,1-4H3,(H,17,19). The zero-order valence-corrected chi connectivity index (χ0v) is 15.4. The van der Waals surface area contributed by atoms with Gasteiger partial charge in [-0.15, -0.1) is 0 Å². The Morgan fingerprint density at radius 1 is 1.35 bits per heavy atom. The Balaban J connectivity index is 2.64. The maximum Gasteiger partial charge on any atom is 0.257 e. The van der Waals surface area contributed by atoms with Crippen LogP contribution in [0.2, 0.25) is 5.02 Å². The van der Waals surface area contributed by atoms with Crippen molar-refractivity contribution in [3.63, 3.8) is 0 Å². The van der Waals surface area contributed by atoms with Crippen LogP contribution in [-0.4, -0.2) is 45.9 Å². The summed E-state index contributed by atoms with van der Waals surface area (Å²) in [4.78, 5) is 11.7. The summed E-state index contributed by atoms with van der Waals surface area (Å²) in [6.45, 7) is 4.57. The summed E-state index contributed by atoms with van der Waals surface area (Å²) in [6, 6.07) is 4.15. The molecule has 0 aromatic heterocycles. The number of hydrogen-bond acceptors (Lipinski definition) is 4. The second kappa shape index (κ2) is 8.52. The predicted molar refractivity (Wildman–Crippen MR) is 90.3 cm³/mol. The van der Waals surface area contributed by atoms with Gasteiger partial charge in [0, 0.05) is 20.6 Å². The van der Waals surface area contributed by atoms with Gasteiger partial charge in [0.05, 0.1) is 9.92 Å². The molecule has 0 saturated carbocycles. The number of ether oxygens (including phenoxy) is 1. The third-order valence-corrected chi connectivity index (χ3v) is 5.19. The van der Waals surface area contributed by atoms with Crippen LogP contribution in [0.25, 0.3) is 0 Å². The van der Waals surface area contributed by atoms with E-state index in [0.29, 0.717) is 12.5 Å². The zero-order chi connectivity index (χ0) is 17.6. The number of rotatable bonds is 8. The second-order valence-electron chi connectivity index (χ2n) is 5.70. The molecule has 23 heavy (non-hydrogen) atoms. The van der Waals surface area contributed by atoms with Gasteiger partial charge >= 0.3 is 0 Å². The second-order valence-corrected chi connectivity index (χ2v) is 8.26. The van der Waals surface area contributed by atoms with E-state index in [1.807, 2.05) is 0 Å². The molecule has 0 aliphatic heterocycles. The van der Waals surface area contributed by atoms with Gasteiger partial charge in [-0.05, 0) is 30.5 Å². The molecule has 0 heterocycles. The summed E-state index contributed by atoms with van der Waals surface area (Å²) in [5.41, 5.74) is 0. The topological polar surface area (TPSA) is 75.7 Å². The number of amides is 1.